The smallest absolute Gasteiger partial charge is 0.303 e. The first-order valence-electron chi connectivity index (χ1n) is 5.27. The third-order valence-corrected chi connectivity index (χ3v) is 2.24. The summed E-state index contributed by atoms with van der Waals surface area (Å²) in [5, 5.41) is 8.49. The monoisotopic (exact) mass is 236 g/mol. The number of rotatable bonds is 6. The normalized spacial score (nSPS) is 10.5. The summed E-state index contributed by atoms with van der Waals surface area (Å²) in [5.74, 6) is 0.546. The van der Waals surface area contributed by atoms with Crippen LogP contribution in [0.25, 0.3) is 6.08 Å². The van der Waals surface area contributed by atoms with Crippen LogP contribution in [0, 0.1) is 0 Å². The molecular formula is C13H16O4. The number of hydrogen-bond donors (Lipinski definition) is 1. The molecule has 1 aromatic rings. The van der Waals surface area contributed by atoms with Crippen LogP contribution in [0.3, 0.4) is 0 Å². The topological polar surface area (TPSA) is 55.8 Å². The molecule has 0 heterocycles. The summed E-state index contributed by atoms with van der Waals surface area (Å²) in [5.41, 5.74) is 0.952. The molecule has 0 bridgehead atoms. The van der Waals surface area contributed by atoms with Crippen molar-refractivity contribution in [2.24, 2.45) is 0 Å². The fraction of sp³-hybridized carbons (Fsp3) is 0.308. The molecule has 1 N–H and O–H groups in total. The van der Waals surface area contributed by atoms with Crippen molar-refractivity contribution >= 4 is 12.0 Å². The van der Waals surface area contributed by atoms with Crippen LogP contribution in [0.4, 0.5) is 0 Å². The molecule has 0 radical (unpaired) electrons. The second kappa shape index (κ2) is 6.58. The molecule has 0 fully saturated rings. The van der Waals surface area contributed by atoms with Crippen LogP contribution < -0.4 is 9.47 Å². The van der Waals surface area contributed by atoms with Crippen LogP contribution in [0.1, 0.15) is 18.4 Å². The van der Waals surface area contributed by atoms with E-state index in [2.05, 4.69) is 0 Å². The fourth-order valence-corrected chi connectivity index (χ4v) is 1.38. The summed E-state index contributed by atoms with van der Waals surface area (Å²) < 4.78 is 10.3. The Hall–Kier alpha value is -1.97. The first kappa shape index (κ1) is 13.1. The first-order valence-corrected chi connectivity index (χ1v) is 5.27. The minimum Gasteiger partial charge on any atom is -0.493 e. The summed E-state index contributed by atoms with van der Waals surface area (Å²) in [6.45, 7) is 0. The molecule has 0 aliphatic carbocycles. The van der Waals surface area contributed by atoms with Crippen molar-refractivity contribution in [3.8, 4) is 11.5 Å². The molecule has 0 aromatic heterocycles. The van der Waals surface area contributed by atoms with E-state index < -0.39 is 5.97 Å². The number of carboxylic acids is 1. The molecule has 1 rings (SSSR count). The maximum atomic E-state index is 10.3. The molecular weight excluding hydrogens is 220 g/mol. The van der Waals surface area contributed by atoms with E-state index in [4.69, 9.17) is 14.6 Å². The van der Waals surface area contributed by atoms with E-state index in [0.29, 0.717) is 17.9 Å². The first-order chi connectivity index (χ1) is 8.17. The highest BCUT2D eigenvalue weighted by molar-refractivity contribution is 5.67. The van der Waals surface area contributed by atoms with Gasteiger partial charge in [-0.1, -0.05) is 18.2 Å². The van der Waals surface area contributed by atoms with Gasteiger partial charge >= 0.3 is 5.97 Å². The molecule has 1 aromatic carbocycles. The van der Waals surface area contributed by atoms with E-state index in [1.54, 1.807) is 14.2 Å². The molecule has 0 spiro atoms. The van der Waals surface area contributed by atoms with Gasteiger partial charge in [-0.15, -0.1) is 0 Å². The predicted octanol–water partition coefficient (Wildman–Crippen LogP) is 2.58. The minimum atomic E-state index is -0.790. The van der Waals surface area contributed by atoms with Crippen molar-refractivity contribution in [1.29, 1.82) is 0 Å². The number of aliphatic carboxylic acids is 1. The lowest BCUT2D eigenvalue weighted by Crippen LogP contribution is -1.92. The molecule has 0 saturated heterocycles. The van der Waals surface area contributed by atoms with Crippen molar-refractivity contribution in [3.05, 3.63) is 29.8 Å². The molecule has 0 atom stereocenters. The largest absolute Gasteiger partial charge is 0.493 e. The zero-order valence-corrected chi connectivity index (χ0v) is 9.97. The van der Waals surface area contributed by atoms with Gasteiger partial charge in [0.1, 0.15) is 0 Å². The van der Waals surface area contributed by atoms with Gasteiger partial charge in [-0.2, -0.15) is 0 Å². The van der Waals surface area contributed by atoms with Crippen LogP contribution in [0.2, 0.25) is 0 Å². The quantitative estimate of drug-likeness (QED) is 0.824. The van der Waals surface area contributed by atoms with Gasteiger partial charge in [-0.25, -0.2) is 0 Å². The SMILES string of the molecule is COc1ccc(C=CCCC(=O)O)cc1OC. The molecule has 0 aliphatic heterocycles. The number of ether oxygens (including phenoxy) is 2. The number of carbonyl (C=O) groups is 1. The van der Waals surface area contributed by atoms with E-state index in [0.717, 1.165) is 5.56 Å². The fourth-order valence-electron chi connectivity index (χ4n) is 1.38. The van der Waals surface area contributed by atoms with E-state index >= 15 is 0 Å². The van der Waals surface area contributed by atoms with E-state index in [1.165, 1.54) is 0 Å². The highest BCUT2D eigenvalue weighted by Gasteiger charge is 2.02. The zero-order valence-electron chi connectivity index (χ0n) is 9.97. The van der Waals surface area contributed by atoms with Gasteiger partial charge in [0.25, 0.3) is 0 Å². The molecule has 4 heteroatoms. The highest BCUT2D eigenvalue weighted by atomic mass is 16.5. The average Bonchev–Trinajstić information content (AvgIpc) is 2.34. The Bertz CT molecular complexity index is 410. The molecule has 0 unspecified atom stereocenters. The van der Waals surface area contributed by atoms with Crippen LogP contribution in [-0.2, 0) is 4.79 Å². The lowest BCUT2D eigenvalue weighted by molar-refractivity contribution is -0.136. The Morgan fingerprint density at radius 2 is 2.00 bits per heavy atom. The number of allylic oxidation sites excluding steroid dienone is 1. The van der Waals surface area contributed by atoms with Gasteiger partial charge in [-0.05, 0) is 24.1 Å². The predicted molar refractivity (Wildman–Crippen MR) is 65.4 cm³/mol. The lowest BCUT2D eigenvalue weighted by atomic mass is 10.1. The third kappa shape index (κ3) is 4.18. The minimum absolute atomic E-state index is 0.143. The maximum absolute atomic E-state index is 10.3. The van der Waals surface area contributed by atoms with Gasteiger partial charge in [0.15, 0.2) is 11.5 Å². The number of methoxy groups -OCH3 is 2. The third-order valence-electron chi connectivity index (χ3n) is 2.24. The van der Waals surface area contributed by atoms with Crippen LogP contribution >= 0.6 is 0 Å². The summed E-state index contributed by atoms with van der Waals surface area (Å²) in [4.78, 5) is 10.3. The zero-order chi connectivity index (χ0) is 12.7. The van der Waals surface area contributed by atoms with Crippen molar-refractivity contribution in [2.75, 3.05) is 14.2 Å². The van der Waals surface area contributed by atoms with Gasteiger partial charge in [0.05, 0.1) is 14.2 Å². The summed E-state index contributed by atoms with van der Waals surface area (Å²) >= 11 is 0. The molecule has 17 heavy (non-hydrogen) atoms. The van der Waals surface area contributed by atoms with E-state index in [1.807, 2.05) is 30.4 Å². The molecule has 4 nitrogen and oxygen atoms in total. The summed E-state index contributed by atoms with van der Waals surface area (Å²) in [7, 11) is 3.16. The highest BCUT2D eigenvalue weighted by Crippen LogP contribution is 2.27. The lowest BCUT2D eigenvalue weighted by Gasteiger charge is -2.07. The van der Waals surface area contributed by atoms with Crippen LogP contribution in [0.15, 0.2) is 24.3 Å². The van der Waals surface area contributed by atoms with Gasteiger partial charge in [0, 0.05) is 6.42 Å². The summed E-state index contributed by atoms with van der Waals surface area (Å²) in [6.07, 6.45) is 4.35. The Kier molecular flexibility index (Phi) is 5.07. The second-order valence-electron chi connectivity index (χ2n) is 3.45. The standard InChI is InChI=1S/C13H16O4/c1-16-11-8-7-10(9-12(11)17-2)5-3-4-6-13(14)15/h3,5,7-9H,4,6H2,1-2H3,(H,14,15). The van der Waals surface area contributed by atoms with Gasteiger partial charge < -0.3 is 14.6 Å². The Morgan fingerprint density at radius 3 is 2.59 bits per heavy atom. The van der Waals surface area contributed by atoms with Crippen molar-refractivity contribution in [2.45, 2.75) is 12.8 Å². The second-order valence-corrected chi connectivity index (χ2v) is 3.45. The van der Waals surface area contributed by atoms with E-state index in [9.17, 15) is 4.79 Å². The Balaban J connectivity index is 2.68. The van der Waals surface area contributed by atoms with Crippen molar-refractivity contribution < 1.29 is 19.4 Å². The van der Waals surface area contributed by atoms with Gasteiger partial charge in [-0.3, -0.25) is 4.79 Å². The Morgan fingerprint density at radius 1 is 1.29 bits per heavy atom. The molecule has 0 amide bonds. The van der Waals surface area contributed by atoms with Crippen LogP contribution in [-0.4, -0.2) is 25.3 Å². The molecule has 0 aliphatic rings. The number of carboxylic acid groups (broad SMARTS) is 1. The van der Waals surface area contributed by atoms with E-state index in [-0.39, 0.29) is 6.42 Å². The van der Waals surface area contributed by atoms with Gasteiger partial charge in [0.2, 0.25) is 0 Å². The van der Waals surface area contributed by atoms with Crippen LogP contribution in [0.5, 0.6) is 11.5 Å². The average molecular weight is 236 g/mol. The Labute approximate surface area is 100 Å². The maximum Gasteiger partial charge on any atom is 0.303 e. The van der Waals surface area contributed by atoms with Crippen molar-refractivity contribution in [3.63, 3.8) is 0 Å². The summed E-state index contributed by atoms with van der Waals surface area (Å²) in [6, 6.07) is 5.55. The molecule has 0 saturated carbocycles. The number of hydrogen-bond acceptors (Lipinski definition) is 3. The number of benzene rings is 1. The van der Waals surface area contributed by atoms with Crippen molar-refractivity contribution in [1.82, 2.24) is 0 Å². The molecule has 92 valence electrons.